The first-order chi connectivity index (χ1) is 12.1. The zero-order chi connectivity index (χ0) is 17.4. The van der Waals surface area contributed by atoms with Crippen molar-refractivity contribution in [2.45, 2.75) is 19.3 Å². The Morgan fingerprint density at radius 3 is 2.56 bits per heavy atom. The monoisotopic (exact) mass is 342 g/mol. The molecule has 1 aromatic carbocycles. The summed E-state index contributed by atoms with van der Waals surface area (Å²) in [6.45, 7) is 3.77. The molecule has 0 atom stereocenters. The van der Waals surface area contributed by atoms with E-state index in [2.05, 4.69) is 27.5 Å². The Morgan fingerprint density at radius 1 is 1.20 bits per heavy atom. The summed E-state index contributed by atoms with van der Waals surface area (Å²) in [7, 11) is 2.16. The smallest absolute Gasteiger partial charge is 0.257 e. The van der Waals surface area contributed by atoms with E-state index in [9.17, 15) is 9.90 Å². The summed E-state index contributed by atoms with van der Waals surface area (Å²) in [5.74, 6) is -0.152. The van der Waals surface area contributed by atoms with Crippen LogP contribution in [0.2, 0.25) is 0 Å². The highest BCUT2D eigenvalue weighted by Crippen LogP contribution is 2.40. The third-order valence-electron chi connectivity index (χ3n) is 5.57. The van der Waals surface area contributed by atoms with Crippen molar-refractivity contribution in [2.24, 2.45) is 5.41 Å². The van der Waals surface area contributed by atoms with Gasteiger partial charge in [-0.1, -0.05) is 0 Å². The molecule has 2 saturated heterocycles. The van der Waals surface area contributed by atoms with Gasteiger partial charge in [0.15, 0.2) is 0 Å². The molecule has 4 rings (SSSR count). The summed E-state index contributed by atoms with van der Waals surface area (Å²) in [6, 6.07) is 4.89. The molecular formula is C17H22N6O2. The van der Waals surface area contributed by atoms with Gasteiger partial charge in [0.2, 0.25) is 0 Å². The molecule has 25 heavy (non-hydrogen) atoms. The van der Waals surface area contributed by atoms with Crippen molar-refractivity contribution in [3.05, 3.63) is 30.1 Å². The molecule has 1 spiro atoms. The summed E-state index contributed by atoms with van der Waals surface area (Å²) in [4.78, 5) is 17.0. The fourth-order valence-corrected chi connectivity index (χ4v) is 4.04. The van der Waals surface area contributed by atoms with Crippen LogP contribution in [-0.4, -0.2) is 74.2 Å². The first-order valence-electron chi connectivity index (χ1n) is 8.61. The number of rotatable bonds is 2. The van der Waals surface area contributed by atoms with Crippen LogP contribution < -0.4 is 0 Å². The van der Waals surface area contributed by atoms with Gasteiger partial charge in [0.1, 0.15) is 12.1 Å². The molecule has 0 aliphatic carbocycles. The second-order valence-corrected chi connectivity index (χ2v) is 7.24. The van der Waals surface area contributed by atoms with Crippen LogP contribution in [-0.2, 0) is 0 Å². The Bertz CT molecular complexity index is 767. The second-order valence-electron chi connectivity index (χ2n) is 7.24. The number of aromatic hydroxyl groups is 1. The molecule has 0 radical (unpaired) electrons. The SMILES string of the molecule is CN1CCC2(CCN(C(=O)c3ccc(-n4cnnn4)cc3O)CC2)C1. The molecule has 1 N–H and O–H groups in total. The molecule has 3 heterocycles. The number of piperidine rings is 1. The minimum absolute atomic E-state index is 0.0427. The standard InChI is InChI=1S/C17H22N6O2/c1-21-7-4-17(11-21)5-8-22(9-6-17)16(25)14-3-2-13(10-15(14)24)23-12-18-19-20-23/h2-3,10,12,24H,4-9,11H2,1H3. The number of carbonyl (C=O) groups is 1. The Labute approximate surface area is 146 Å². The van der Waals surface area contributed by atoms with E-state index in [1.807, 2.05) is 4.90 Å². The topological polar surface area (TPSA) is 87.4 Å². The van der Waals surface area contributed by atoms with E-state index in [0.29, 0.717) is 16.7 Å². The van der Waals surface area contributed by atoms with Crippen molar-refractivity contribution < 1.29 is 9.90 Å². The van der Waals surface area contributed by atoms with Crippen LogP contribution in [0.5, 0.6) is 5.75 Å². The van der Waals surface area contributed by atoms with Crippen molar-refractivity contribution >= 4 is 5.91 Å². The Hall–Kier alpha value is -2.48. The fraction of sp³-hybridized carbons (Fsp3) is 0.529. The van der Waals surface area contributed by atoms with Gasteiger partial charge in [0, 0.05) is 25.7 Å². The zero-order valence-electron chi connectivity index (χ0n) is 14.3. The van der Waals surface area contributed by atoms with Gasteiger partial charge >= 0.3 is 0 Å². The fourth-order valence-electron chi connectivity index (χ4n) is 4.04. The highest BCUT2D eigenvalue weighted by atomic mass is 16.3. The molecule has 132 valence electrons. The van der Waals surface area contributed by atoms with Crippen molar-refractivity contribution in [3.8, 4) is 11.4 Å². The molecule has 1 aromatic heterocycles. The molecule has 0 unspecified atom stereocenters. The predicted octanol–water partition coefficient (Wildman–Crippen LogP) is 0.926. The first-order valence-corrected chi connectivity index (χ1v) is 8.61. The number of aromatic nitrogens is 4. The van der Waals surface area contributed by atoms with Crippen LogP contribution in [0.4, 0.5) is 0 Å². The highest BCUT2D eigenvalue weighted by molar-refractivity contribution is 5.97. The molecule has 0 saturated carbocycles. The van der Waals surface area contributed by atoms with Crippen molar-refractivity contribution in [3.63, 3.8) is 0 Å². The van der Waals surface area contributed by atoms with Gasteiger partial charge < -0.3 is 14.9 Å². The second kappa shape index (κ2) is 6.11. The van der Waals surface area contributed by atoms with Gasteiger partial charge in [-0.05, 0) is 60.8 Å². The van der Waals surface area contributed by atoms with Crippen LogP contribution in [0.3, 0.4) is 0 Å². The van der Waals surface area contributed by atoms with E-state index in [1.165, 1.54) is 23.5 Å². The number of amides is 1. The summed E-state index contributed by atoms with van der Waals surface area (Å²) in [5, 5.41) is 21.2. The molecule has 0 bridgehead atoms. The van der Waals surface area contributed by atoms with Gasteiger partial charge in [0.25, 0.3) is 5.91 Å². The third-order valence-corrected chi connectivity index (χ3v) is 5.57. The lowest BCUT2D eigenvalue weighted by atomic mass is 9.77. The lowest BCUT2D eigenvalue weighted by molar-refractivity contribution is 0.0591. The lowest BCUT2D eigenvalue weighted by Gasteiger charge is -2.39. The van der Waals surface area contributed by atoms with Gasteiger partial charge in [-0.2, -0.15) is 0 Å². The van der Waals surface area contributed by atoms with Crippen LogP contribution in [0.15, 0.2) is 24.5 Å². The third kappa shape index (κ3) is 2.97. The maximum Gasteiger partial charge on any atom is 0.257 e. The maximum absolute atomic E-state index is 12.8. The molecule has 2 aliphatic heterocycles. The van der Waals surface area contributed by atoms with E-state index >= 15 is 0 Å². The van der Waals surface area contributed by atoms with Gasteiger partial charge in [-0.15, -0.1) is 5.10 Å². The number of nitrogens with zero attached hydrogens (tertiary/aromatic N) is 6. The number of carbonyl (C=O) groups excluding carboxylic acids is 1. The first kappa shape index (κ1) is 16.0. The van der Waals surface area contributed by atoms with E-state index in [4.69, 9.17) is 0 Å². The van der Waals surface area contributed by atoms with Crippen molar-refractivity contribution in [1.82, 2.24) is 30.0 Å². The van der Waals surface area contributed by atoms with Crippen molar-refractivity contribution in [2.75, 3.05) is 33.2 Å². The van der Waals surface area contributed by atoms with Crippen LogP contribution in [0.25, 0.3) is 5.69 Å². The average molecular weight is 342 g/mol. The summed E-state index contributed by atoms with van der Waals surface area (Å²) in [5.41, 5.74) is 1.32. The molecular weight excluding hydrogens is 320 g/mol. The number of hydrogen-bond donors (Lipinski definition) is 1. The molecule has 2 fully saturated rings. The lowest BCUT2D eigenvalue weighted by Crippen LogP contribution is -2.44. The van der Waals surface area contributed by atoms with Gasteiger partial charge in [0.05, 0.1) is 11.3 Å². The number of phenols is 1. The molecule has 2 aromatic rings. The average Bonchev–Trinajstić information content (AvgIpc) is 3.26. The molecule has 8 heteroatoms. The highest BCUT2D eigenvalue weighted by Gasteiger charge is 2.40. The number of likely N-dealkylation sites (tertiary alicyclic amines) is 2. The Kier molecular flexibility index (Phi) is 3.91. The van der Waals surface area contributed by atoms with E-state index < -0.39 is 0 Å². The quantitative estimate of drug-likeness (QED) is 0.873. The normalized spacial score (nSPS) is 20.3. The van der Waals surface area contributed by atoms with Crippen LogP contribution >= 0.6 is 0 Å². The number of hydrogen-bond acceptors (Lipinski definition) is 6. The molecule has 2 aliphatic rings. The molecule has 1 amide bonds. The number of phenolic OH excluding ortho intramolecular Hbond substituents is 1. The van der Waals surface area contributed by atoms with E-state index in [1.54, 1.807) is 12.1 Å². The Morgan fingerprint density at radius 2 is 1.96 bits per heavy atom. The van der Waals surface area contributed by atoms with Crippen LogP contribution in [0.1, 0.15) is 29.6 Å². The van der Waals surface area contributed by atoms with Gasteiger partial charge in [-0.25, -0.2) is 4.68 Å². The number of tetrazole rings is 1. The minimum atomic E-state index is -0.109. The number of benzene rings is 1. The summed E-state index contributed by atoms with van der Waals surface area (Å²) >= 11 is 0. The summed E-state index contributed by atoms with van der Waals surface area (Å²) in [6.07, 6.45) is 4.73. The van der Waals surface area contributed by atoms with E-state index in [0.717, 1.165) is 39.0 Å². The zero-order valence-corrected chi connectivity index (χ0v) is 14.3. The van der Waals surface area contributed by atoms with Crippen LogP contribution in [0, 0.1) is 5.41 Å². The predicted molar refractivity (Wildman–Crippen MR) is 90.5 cm³/mol. The minimum Gasteiger partial charge on any atom is -0.507 e. The summed E-state index contributed by atoms with van der Waals surface area (Å²) < 4.78 is 1.44. The largest absolute Gasteiger partial charge is 0.507 e. The Balaban J connectivity index is 1.47. The van der Waals surface area contributed by atoms with E-state index in [-0.39, 0.29) is 11.7 Å². The molecule has 8 nitrogen and oxygen atoms in total. The van der Waals surface area contributed by atoms with Gasteiger partial charge in [-0.3, -0.25) is 4.79 Å². The maximum atomic E-state index is 12.8. The van der Waals surface area contributed by atoms with Crippen molar-refractivity contribution in [1.29, 1.82) is 0 Å².